The highest BCUT2D eigenvalue weighted by Gasteiger charge is 2.67. The zero-order valence-electron chi connectivity index (χ0n) is 5.82. The van der Waals surface area contributed by atoms with Gasteiger partial charge in [0.05, 0.1) is 6.10 Å². The summed E-state index contributed by atoms with van der Waals surface area (Å²) in [6, 6.07) is 0. The molecule has 3 heterocycles. The summed E-state index contributed by atoms with van der Waals surface area (Å²) in [6.07, 6.45) is 0.679. The maximum Gasteiger partial charge on any atom is 0.341 e. The number of carbonyl (C=O) groups excluding carboxylic acids is 1. The van der Waals surface area contributed by atoms with Gasteiger partial charge in [0.2, 0.25) is 0 Å². The summed E-state index contributed by atoms with van der Waals surface area (Å²) >= 11 is 0. The van der Waals surface area contributed by atoms with Crippen molar-refractivity contribution in [2.75, 3.05) is 0 Å². The van der Waals surface area contributed by atoms with Gasteiger partial charge in [0.25, 0.3) is 0 Å². The van der Waals surface area contributed by atoms with E-state index in [0.29, 0.717) is 6.42 Å². The summed E-state index contributed by atoms with van der Waals surface area (Å²) in [5, 5.41) is 9.70. The third kappa shape index (κ3) is 0.489. The van der Waals surface area contributed by atoms with Crippen molar-refractivity contribution in [2.24, 2.45) is 0 Å². The van der Waals surface area contributed by atoms with Gasteiger partial charge >= 0.3 is 5.97 Å². The average molecular weight is 156 g/mol. The van der Waals surface area contributed by atoms with Gasteiger partial charge in [-0.25, -0.2) is 4.79 Å². The second-order valence-corrected chi connectivity index (χ2v) is 3.49. The van der Waals surface area contributed by atoms with Crippen LogP contribution in [0.2, 0.25) is 0 Å². The number of ether oxygens (including phenoxy) is 2. The van der Waals surface area contributed by atoms with Crippen molar-refractivity contribution in [3.05, 3.63) is 0 Å². The van der Waals surface area contributed by atoms with Crippen LogP contribution in [0.3, 0.4) is 0 Å². The summed E-state index contributed by atoms with van der Waals surface area (Å²) in [4.78, 5) is 11.1. The third-order valence-electron chi connectivity index (χ3n) is 2.79. The van der Waals surface area contributed by atoms with E-state index < -0.39 is 11.6 Å². The summed E-state index contributed by atoms with van der Waals surface area (Å²) in [6.45, 7) is 0. The van der Waals surface area contributed by atoms with Gasteiger partial charge < -0.3 is 14.6 Å². The topological polar surface area (TPSA) is 55.8 Å². The molecule has 60 valence electrons. The van der Waals surface area contributed by atoms with E-state index in [2.05, 4.69) is 0 Å². The molecule has 3 rings (SSSR count). The standard InChI is InChI=1S/C7H8O4/c8-6-7(9)2-3-1-4(11-6)5(7)10-3/h3-5,9H,1-2H2. The zero-order valence-corrected chi connectivity index (χ0v) is 5.82. The van der Waals surface area contributed by atoms with Gasteiger partial charge in [0, 0.05) is 12.8 Å². The summed E-state index contributed by atoms with van der Waals surface area (Å²) in [5.41, 5.74) is -1.30. The first-order valence-electron chi connectivity index (χ1n) is 3.79. The first-order chi connectivity index (χ1) is 5.20. The minimum absolute atomic E-state index is 0.0430. The van der Waals surface area contributed by atoms with Gasteiger partial charge in [-0.05, 0) is 0 Å². The van der Waals surface area contributed by atoms with Crippen LogP contribution in [0.4, 0.5) is 0 Å². The highest BCUT2D eigenvalue weighted by molar-refractivity contribution is 5.84. The Balaban J connectivity index is 2.11. The fourth-order valence-corrected chi connectivity index (χ4v) is 2.30. The highest BCUT2D eigenvalue weighted by Crippen LogP contribution is 2.48. The molecule has 4 heteroatoms. The Morgan fingerprint density at radius 1 is 1.64 bits per heavy atom. The van der Waals surface area contributed by atoms with Crippen LogP contribution in [0.25, 0.3) is 0 Å². The lowest BCUT2D eigenvalue weighted by Gasteiger charge is -2.17. The Labute approximate surface area is 63.1 Å². The van der Waals surface area contributed by atoms with Crippen LogP contribution in [-0.4, -0.2) is 35.0 Å². The van der Waals surface area contributed by atoms with Crippen molar-refractivity contribution in [3.63, 3.8) is 0 Å². The first kappa shape index (κ1) is 5.97. The summed E-state index contributed by atoms with van der Waals surface area (Å²) in [5.74, 6) is -0.493. The number of fused-ring (bicyclic) bond motifs is 1. The average Bonchev–Trinajstić information content (AvgIpc) is 2.45. The lowest BCUT2D eigenvalue weighted by atomic mass is 9.86. The van der Waals surface area contributed by atoms with Crippen LogP contribution in [0.15, 0.2) is 0 Å². The molecule has 3 aliphatic heterocycles. The molecule has 0 aromatic heterocycles. The molecule has 0 spiro atoms. The molecular weight excluding hydrogens is 148 g/mol. The van der Waals surface area contributed by atoms with E-state index in [0.717, 1.165) is 6.42 Å². The molecule has 0 aromatic rings. The Bertz CT molecular complexity index is 239. The molecule has 3 saturated heterocycles. The van der Waals surface area contributed by atoms with Crippen LogP contribution in [0.5, 0.6) is 0 Å². The zero-order chi connectivity index (χ0) is 7.64. The van der Waals surface area contributed by atoms with Crippen molar-refractivity contribution in [1.82, 2.24) is 0 Å². The van der Waals surface area contributed by atoms with Gasteiger partial charge in [-0.15, -0.1) is 0 Å². The number of hydrogen-bond acceptors (Lipinski definition) is 4. The maximum atomic E-state index is 11.1. The molecule has 4 unspecified atom stereocenters. The Morgan fingerprint density at radius 3 is 3.00 bits per heavy atom. The van der Waals surface area contributed by atoms with Crippen molar-refractivity contribution < 1.29 is 19.4 Å². The van der Waals surface area contributed by atoms with Gasteiger partial charge in [0.1, 0.15) is 12.2 Å². The molecule has 0 amide bonds. The van der Waals surface area contributed by atoms with E-state index in [4.69, 9.17) is 9.47 Å². The van der Waals surface area contributed by atoms with Crippen molar-refractivity contribution >= 4 is 5.97 Å². The lowest BCUT2D eigenvalue weighted by molar-refractivity contribution is -0.154. The Hall–Kier alpha value is -0.610. The number of hydrogen-bond donors (Lipinski definition) is 1. The summed E-state index contributed by atoms with van der Waals surface area (Å²) < 4.78 is 10.3. The van der Waals surface area contributed by atoms with Crippen LogP contribution in [0, 0.1) is 0 Å². The maximum absolute atomic E-state index is 11.1. The molecule has 1 N–H and O–H groups in total. The molecule has 2 bridgehead atoms. The smallest absolute Gasteiger partial charge is 0.341 e. The van der Waals surface area contributed by atoms with E-state index in [1.165, 1.54) is 0 Å². The normalized spacial score (nSPS) is 58.6. The molecule has 11 heavy (non-hydrogen) atoms. The summed E-state index contributed by atoms with van der Waals surface area (Å²) in [7, 11) is 0. The minimum atomic E-state index is -1.30. The number of esters is 1. The van der Waals surface area contributed by atoms with Crippen molar-refractivity contribution in [1.29, 1.82) is 0 Å². The Kier molecular flexibility index (Phi) is 0.784. The molecular formula is C7H8O4. The monoisotopic (exact) mass is 156 g/mol. The lowest BCUT2D eigenvalue weighted by Crippen LogP contribution is -2.43. The van der Waals surface area contributed by atoms with E-state index >= 15 is 0 Å². The predicted octanol–water partition coefficient (Wildman–Crippen LogP) is -0.796. The van der Waals surface area contributed by atoms with Crippen LogP contribution in [-0.2, 0) is 14.3 Å². The van der Waals surface area contributed by atoms with E-state index in [1.54, 1.807) is 0 Å². The quantitative estimate of drug-likeness (QED) is 0.467. The second kappa shape index (κ2) is 1.44. The fourth-order valence-electron chi connectivity index (χ4n) is 2.30. The second-order valence-electron chi connectivity index (χ2n) is 3.49. The van der Waals surface area contributed by atoms with Crippen LogP contribution in [0.1, 0.15) is 12.8 Å². The molecule has 3 fully saturated rings. The van der Waals surface area contributed by atoms with Gasteiger partial charge in [-0.2, -0.15) is 0 Å². The van der Waals surface area contributed by atoms with E-state index in [-0.39, 0.29) is 18.3 Å². The molecule has 0 saturated carbocycles. The van der Waals surface area contributed by atoms with Crippen molar-refractivity contribution in [3.8, 4) is 0 Å². The highest BCUT2D eigenvalue weighted by atomic mass is 16.6. The molecule has 0 aromatic carbocycles. The Morgan fingerprint density at radius 2 is 2.45 bits per heavy atom. The first-order valence-corrected chi connectivity index (χ1v) is 3.79. The number of aliphatic hydroxyl groups is 1. The van der Waals surface area contributed by atoms with Crippen LogP contribution >= 0.6 is 0 Å². The molecule has 0 aliphatic carbocycles. The number of carbonyl (C=O) groups is 1. The van der Waals surface area contributed by atoms with Crippen molar-refractivity contribution in [2.45, 2.75) is 36.8 Å². The molecule has 0 radical (unpaired) electrons. The minimum Gasteiger partial charge on any atom is -0.457 e. The molecule has 3 aliphatic rings. The van der Waals surface area contributed by atoms with Gasteiger partial charge in [0.15, 0.2) is 5.60 Å². The molecule has 4 atom stereocenters. The fraction of sp³-hybridized carbons (Fsp3) is 0.857. The van der Waals surface area contributed by atoms with Crippen LogP contribution < -0.4 is 0 Å². The molecule has 4 nitrogen and oxygen atoms in total. The van der Waals surface area contributed by atoms with E-state index in [1.807, 2.05) is 0 Å². The third-order valence-corrected chi connectivity index (χ3v) is 2.79. The van der Waals surface area contributed by atoms with Gasteiger partial charge in [-0.1, -0.05) is 0 Å². The number of rotatable bonds is 0. The SMILES string of the molecule is O=C1OC2CC3CC1(O)C2O3. The van der Waals surface area contributed by atoms with E-state index in [9.17, 15) is 9.90 Å². The van der Waals surface area contributed by atoms with Gasteiger partial charge in [-0.3, -0.25) is 0 Å². The largest absolute Gasteiger partial charge is 0.457 e. The predicted molar refractivity (Wildman–Crippen MR) is 32.7 cm³/mol.